The van der Waals surface area contributed by atoms with Gasteiger partial charge in [-0.05, 0) is 17.7 Å². The van der Waals surface area contributed by atoms with Gasteiger partial charge in [-0.25, -0.2) is 0 Å². The molecule has 0 spiro atoms. The maximum absolute atomic E-state index is 8.52. The van der Waals surface area contributed by atoms with E-state index in [1.807, 2.05) is 18.2 Å². The number of hydrogen-bond donors (Lipinski definition) is 1. The van der Waals surface area contributed by atoms with Gasteiger partial charge in [0.1, 0.15) is 0 Å². The second-order valence-electron chi connectivity index (χ2n) is 2.50. The lowest BCUT2D eigenvalue weighted by Crippen LogP contribution is -2.05. The average Bonchev–Trinajstić information content (AvgIpc) is 2.17. The molecule has 0 aliphatic rings. The van der Waals surface area contributed by atoms with Gasteiger partial charge >= 0.3 is 0 Å². The van der Waals surface area contributed by atoms with Crippen molar-refractivity contribution in [3.63, 3.8) is 0 Å². The topological polar surface area (TPSA) is 49.8 Å². The molecule has 0 aliphatic heterocycles. The molecule has 0 heterocycles. The summed E-state index contributed by atoms with van der Waals surface area (Å²) in [4.78, 5) is 0. The molecular formula is C10H10N2. The van der Waals surface area contributed by atoms with Crippen LogP contribution in [0.2, 0.25) is 0 Å². The summed E-state index contributed by atoms with van der Waals surface area (Å²) in [7, 11) is 0. The number of nitrogens with two attached hydrogens (primary N) is 1. The fourth-order valence-electron chi connectivity index (χ4n) is 0.916. The fraction of sp³-hybridized carbons (Fsp3) is 0.100. The Morgan fingerprint density at radius 1 is 1.42 bits per heavy atom. The zero-order valence-corrected chi connectivity index (χ0v) is 6.70. The third-order valence-electron chi connectivity index (χ3n) is 1.68. The molecule has 1 aromatic carbocycles. The van der Waals surface area contributed by atoms with Crippen LogP contribution in [0.3, 0.4) is 0 Å². The Bertz CT molecular complexity index is 306. The first-order chi connectivity index (χ1) is 5.77. The predicted octanol–water partition coefficient (Wildman–Crippen LogP) is 1.74. The lowest BCUT2D eigenvalue weighted by Gasteiger charge is -2.04. The second kappa shape index (κ2) is 3.70. The summed E-state index contributed by atoms with van der Waals surface area (Å²) in [5, 5.41) is 8.52. The smallest absolute Gasteiger partial charge is 0.0991 e. The predicted molar refractivity (Wildman–Crippen MR) is 48.3 cm³/mol. The van der Waals surface area contributed by atoms with Gasteiger partial charge in [-0.15, -0.1) is 6.58 Å². The lowest BCUT2D eigenvalue weighted by molar-refractivity contribution is 0.914. The summed E-state index contributed by atoms with van der Waals surface area (Å²) < 4.78 is 0. The van der Waals surface area contributed by atoms with E-state index >= 15 is 0 Å². The minimum Gasteiger partial charge on any atom is -0.321 e. The molecule has 0 bridgehead atoms. The van der Waals surface area contributed by atoms with E-state index in [2.05, 4.69) is 6.58 Å². The van der Waals surface area contributed by atoms with Gasteiger partial charge in [-0.2, -0.15) is 5.26 Å². The third-order valence-corrected chi connectivity index (χ3v) is 1.68. The third kappa shape index (κ3) is 1.71. The van der Waals surface area contributed by atoms with Crippen LogP contribution >= 0.6 is 0 Å². The molecule has 1 atom stereocenters. The Labute approximate surface area is 71.9 Å². The molecule has 2 heteroatoms. The molecular weight excluding hydrogens is 148 g/mol. The van der Waals surface area contributed by atoms with Crippen LogP contribution in [0.1, 0.15) is 17.2 Å². The van der Waals surface area contributed by atoms with Gasteiger partial charge in [-0.1, -0.05) is 18.2 Å². The zero-order chi connectivity index (χ0) is 8.97. The first-order valence-electron chi connectivity index (χ1n) is 3.66. The van der Waals surface area contributed by atoms with Crippen molar-refractivity contribution in [3.8, 4) is 6.07 Å². The van der Waals surface area contributed by atoms with E-state index in [0.717, 1.165) is 5.56 Å². The highest BCUT2D eigenvalue weighted by Gasteiger charge is 1.99. The molecule has 0 unspecified atom stereocenters. The van der Waals surface area contributed by atoms with E-state index in [-0.39, 0.29) is 6.04 Å². The van der Waals surface area contributed by atoms with E-state index in [0.29, 0.717) is 5.56 Å². The Morgan fingerprint density at radius 3 is 2.42 bits per heavy atom. The molecule has 2 nitrogen and oxygen atoms in total. The van der Waals surface area contributed by atoms with Crippen LogP contribution in [-0.4, -0.2) is 0 Å². The summed E-state index contributed by atoms with van der Waals surface area (Å²) in [5.74, 6) is 0. The van der Waals surface area contributed by atoms with Gasteiger partial charge in [0.2, 0.25) is 0 Å². The molecule has 0 saturated carbocycles. The van der Waals surface area contributed by atoms with Crippen LogP contribution in [0.15, 0.2) is 36.9 Å². The molecule has 1 aromatic rings. The summed E-state index contributed by atoms with van der Waals surface area (Å²) in [6, 6.07) is 9.08. The molecule has 0 aromatic heterocycles. The Balaban J connectivity index is 2.93. The van der Waals surface area contributed by atoms with Gasteiger partial charge in [0, 0.05) is 6.04 Å². The van der Waals surface area contributed by atoms with Gasteiger partial charge in [0.05, 0.1) is 11.6 Å². The summed E-state index contributed by atoms with van der Waals surface area (Å²) in [6.45, 7) is 3.59. The number of benzene rings is 1. The molecule has 0 saturated heterocycles. The number of rotatable bonds is 2. The van der Waals surface area contributed by atoms with E-state index < -0.39 is 0 Å². The lowest BCUT2D eigenvalue weighted by atomic mass is 10.1. The number of hydrogen-bond acceptors (Lipinski definition) is 2. The first-order valence-corrected chi connectivity index (χ1v) is 3.66. The molecule has 0 fully saturated rings. The van der Waals surface area contributed by atoms with Crippen molar-refractivity contribution in [2.75, 3.05) is 0 Å². The van der Waals surface area contributed by atoms with E-state index in [9.17, 15) is 0 Å². The quantitative estimate of drug-likeness (QED) is 0.666. The SMILES string of the molecule is C=C[C@H](N)c1ccc(C#N)cc1. The van der Waals surface area contributed by atoms with E-state index in [1.54, 1.807) is 18.2 Å². The van der Waals surface area contributed by atoms with E-state index in [4.69, 9.17) is 11.0 Å². The largest absolute Gasteiger partial charge is 0.321 e. The van der Waals surface area contributed by atoms with Gasteiger partial charge < -0.3 is 5.73 Å². The van der Waals surface area contributed by atoms with Crippen molar-refractivity contribution in [1.29, 1.82) is 5.26 Å². The molecule has 0 radical (unpaired) electrons. The van der Waals surface area contributed by atoms with Crippen LogP contribution in [0.5, 0.6) is 0 Å². The van der Waals surface area contributed by atoms with Crippen molar-refractivity contribution in [2.45, 2.75) is 6.04 Å². The zero-order valence-electron chi connectivity index (χ0n) is 6.70. The standard InChI is InChI=1S/C10H10N2/c1-2-10(12)9-5-3-8(7-11)4-6-9/h2-6,10H,1,12H2/t10-/m0/s1. The van der Waals surface area contributed by atoms with Crippen LogP contribution < -0.4 is 5.73 Å². The van der Waals surface area contributed by atoms with Crippen LogP contribution in [0, 0.1) is 11.3 Å². The molecule has 0 aliphatic carbocycles. The van der Waals surface area contributed by atoms with Crippen molar-refractivity contribution in [2.24, 2.45) is 5.73 Å². The van der Waals surface area contributed by atoms with E-state index in [1.165, 1.54) is 0 Å². The van der Waals surface area contributed by atoms with Gasteiger partial charge in [0.25, 0.3) is 0 Å². The highest BCUT2D eigenvalue weighted by Crippen LogP contribution is 2.11. The minimum atomic E-state index is -0.141. The Morgan fingerprint density at radius 2 is 2.00 bits per heavy atom. The van der Waals surface area contributed by atoms with Crippen molar-refractivity contribution >= 4 is 0 Å². The maximum Gasteiger partial charge on any atom is 0.0991 e. The molecule has 2 N–H and O–H groups in total. The highest BCUT2D eigenvalue weighted by atomic mass is 14.6. The molecule has 0 amide bonds. The summed E-state index contributed by atoms with van der Waals surface area (Å²) in [6.07, 6.45) is 1.67. The van der Waals surface area contributed by atoms with Crippen LogP contribution in [0.4, 0.5) is 0 Å². The van der Waals surface area contributed by atoms with Crippen LogP contribution in [0.25, 0.3) is 0 Å². The molecule has 60 valence electrons. The van der Waals surface area contributed by atoms with Gasteiger partial charge in [0.15, 0.2) is 0 Å². The number of nitriles is 1. The monoisotopic (exact) mass is 158 g/mol. The van der Waals surface area contributed by atoms with Crippen molar-refractivity contribution in [1.82, 2.24) is 0 Å². The fourth-order valence-corrected chi connectivity index (χ4v) is 0.916. The minimum absolute atomic E-state index is 0.141. The average molecular weight is 158 g/mol. The first kappa shape index (κ1) is 8.51. The summed E-state index contributed by atoms with van der Waals surface area (Å²) >= 11 is 0. The number of nitrogens with zero attached hydrogens (tertiary/aromatic N) is 1. The highest BCUT2D eigenvalue weighted by molar-refractivity contribution is 5.33. The Hall–Kier alpha value is -1.59. The maximum atomic E-state index is 8.52. The van der Waals surface area contributed by atoms with Crippen molar-refractivity contribution in [3.05, 3.63) is 48.0 Å². The van der Waals surface area contributed by atoms with Crippen LogP contribution in [-0.2, 0) is 0 Å². The Kier molecular flexibility index (Phi) is 2.62. The van der Waals surface area contributed by atoms with Crippen molar-refractivity contribution < 1.29 is 0 Å². The summed E-state index contributed by atoms with van der Waals surface area (Å²) in [5.41, 5.74) is 7.31. The van der Waals surface area contributed by atoms with Gasteiger partial charge in [-0.3, -0.25) is 0 Å². The molecule has 12 heavy (non-hydrogen) atoms. The second-order valence-corrected chi connectivity index (χ2v) is 2.50. The molecule has 1 rings (SSSR count). The normalized spacial score (nSPS) is 11.7.